The quantitative estimate of drug-likeness (QED) is 0.496. The summed E-state index contributed by atoms with van der Waals surface area (Å²) in [5.41, 5.74) is 2.03. The number of halogens is 3. The summed E-state index contributed by atoms with van der Waals surface area (Å²) in [5, 5.41) is 13.9. The molecule has 1 saturated heterocycles. The zero-order chi connectivity index (χ0) is 27.5. The monoisotopic (exact) mass is 543 g/mol. The van der Waals surface area contributed by atoms with Crippen LogP contribution in [0.2, 0.25) is 0 Å². The van der Waals surface area contributed by atoms with E-state index in [9.17, 15) is 31.5 Å². The third-order valence-corrected chi connectivity index (χ3v) is 8.24. The molecule has 2 atom stereocenters. The van der Waals surface area contributed by atoms with Crippen LogP contribution in [0.15, 0.2) is 47.4 Å². The van der Waals surface area contributed by atoms with Gasteiger partial charge in [-0.05, 0) is 47.7 Å². The highest BCUT2D eigenvalue weighted by Crippen LogP contribution is 2.30. The second-order valence-corrected chi connectivity index (χ2v) is 11.2. The van der Waals surface area contributed by atoms with E-state index >= 15 is 0 Å². The maximum atomic E-state index is 13.5. The number of aliphatic hydroxyl groups excluding tert-OH is 1. The SMILES string of the molecule is CC(=O)N1CCN(S(=O)(=O)c2ccc(OC(F)(F)F)c(C)c2)[C@@H](C(O)NCc2ccc(C(C)C)cc2)C1. The highest BCUT2D eigenvalue weighted by Gasteiger charge is 2.41. The number of carbonyl (C=O) groups excluding carboxylic acids is 1. The molecule has 12 heteroatoms. The Kier molecular flexibility index (Phi) is 8.89. The molecule has 8 nitrogen and oxygen atoms in total. The van der Waals surface area contributed by atoms with E-state index in [4.69, 9.17) is 0 Å². The number of aliphatic hydroxyl groups is 1. The number of nitrogens with one attached hydrogen (secondary N) is 1. The summed E-state index contributed by atoms with van der Waals surface area (Å²) in [7, 11) is -4.23. The van der Waals surface area contributed by atoms with E-state index in [0.717, 1.165) is 33.6 Å². The molecule has 0 radical (unpaired) electrons. The summed E-state index contributed by atoms with van der Waals surface area (Å²) in [6.45, 7) is 7.06. The van der Waals surface area contributed by atoms with E-state index in [-0.39, 0.29) is 42.5 Å². The number of benzene rings is 2. The molecule has 0 aromatic heterocycles. The van der Waals surface area contributed by atoms with Crippen LogP contribution in [-0.4, -0.2) is 66.9 Å². The van der Waals surface area contributed by atoms with E-state index in [1.807, 2.05) is 24.3 Å². The summed E-state index contributed by atoms with van der Waals surface area (Å²) in [4.78, 5) is 13.2. The zero-order valence-corrected chi connectivity index (χ0v) is 21.9. The van der Waals surface area contributed by atoms with Crippen molar-refractivity contribution in [3.63, 3.8) is 0 Å². The number of amides is 1. The van der Waals surface area contributed by atoms with Crippen molar-refractivity contribution in [2.45, 2.75) is 63.7 Å². The summed E-state index contributed by atoms with van der Waals surface area (Å²) < 4.78 is 69.9. The lowest BCUT2D eigenvalue weighted by Crippen LogP contribution is -2.62. The molecule has 1 amide bonds. The van der Waals surface area contributed by atoms with Crippen LogP contribution in [-0.2, 0) is 21.4 Å². The van der Waals surface area contributed by atoms with Gasteiger partial charge in [-0.3, -0.25) is 10.1 Å². The largest absolute Gasteiger partial charge is 0.573 e. The van der Waals surface area contributed by atoms with Crippen LogP contribution >= 0.6 is 0 Å². The number of carbonyl (C=O) groups is 1. The van der Waals surface area contributed by atoms with Gasteiger partial charge in [0.1, 0.15) is 12.0 Å². The number of hydrogen-bond acceptors (Lipinski definition) is 6. The van der Waals surface area contributed by atoms with Gasteiger partial charge in [-0.1, -0.05) is 38.1 Å². The topological polar surface area (TPSA) is 99.2 Å². The molecule has 3 rings (SSSR count). The fourth-order valence-electron chi connectivity index (χ4n) is 4.17. The molecule has 2 aromatic rings. The van der Waals surface area contributed by atoms with Crippen LogP contribution in [0.1, 0.15) is 43.4 Å². The second-order valence-electron chi connectivity index (χ2n) is 9.35. The fourth-order valence-corrected chi connectivity index (χ4v) is 5.87. The van der Waals surface area contributed by atoms with Crippen molar-refractivity contribution in [3.8, 4) is 5.75 Å². The Hall–Kier alpha value is -2.67. The lowest BCUT2D eigenvalue weighted by atomic mass is 10.0. The molecular weight excluding hydrogens is 511 g/mol. The molecule has 0 bridgehead atoms. The van der Waals surface area contributed by atoms with Crippen molar-refractivity contribution in [1.82, 2.24) is 14.5 Å². The molecule has 37 heavy (non-hydrogen) atoms. The Labute approximate surface area is 215 Å². The lowest BCUT2D eigenvalue weighted by molar-refractivity contribution is -0.274. The third-order valence-electron chi connectivity index (χ3n) is 6.32. The third kappa shape index (κ3) is 7.22. The van der Waals surface area contributed by atoms with Crippen molar-refractivity contribution in [1.29, 1.82) is 0 Å². The van der Waals surface area contributed by atoms with E-state index in [2.05, 4.69) is 23.9 Å². The van der Waals surface area contributed by atoms with E-state index in [1.165, 1.54) is 18.7 Å². The average molecular weight is 544 g/mol. The Bertz CT molecular complexity index is 1200. The van der Waals surface area contributed by atoms with Gasteiger partial charge in [0.2, 0.25) is 15.9 Å². The van der Waals surface area contributed by atoms with Crippen LogP contribution in [0.5, 0.6) is 5.75 Å². The lowest BCUT2D eigenvalue weighted by Gasteiger charge is -2.42. The van der Waals surface area contributed by atoms with Gasteiger partial charge in [0, 0.05) is 33.1 Å². The van der Waals surface area contributed by atoms with Crippen molar-refractivity contribution in [2.75, 3.05) is 19.6 Å². The van der Waals surface area contributed by atoms with E-state index in [1.54, 1.807) is 0 Å². The molecular formula is C25H32F3N3O5S. The normalized spacial score (nSPS) is 18.2. The molecule has 1 unspecified atom stereocenters. The van der Waals surface area contributed by atoms with Gasteiger partial charge in [0.05, 0.1) is 10.9 Å². The minimum Gasteiger partial charge on any atom is -0.406 e. The van der Waals surface area contributed by atoms with E-state index in [0.29, 0.717) is 5.92 Å². The number of rotatable bonds is 8. The fraction of sp³-hybridized carbons (Fsp3) is 0.480. The van der Waals surface area contributed by atoms with Crippen LogP contribution in [0.4, 0.5) is 13.2 Å². The number of alkyl halides is 3. The molecule has 1 aliphatic heterocycles. The standard InChI is InChI=1S/C25H32F3N3O5S/c1-16(2)20-7-5-19(6-8-20)14-29-24(33)22-15-30(18(4)32)11-12-31(22)37(34,35)21-9-10-23(17(3)13-21)36-25(26,27)28/h5-10,13,16,22,24,29,33H,11-12,14-15H2,1-4H3/t22-,24?/m1/s1. The highest BCUT2D eigenvalue weighted by molar-refractivity contribution is 7.89. The first-order valence-corrected chi connectivity index (χ1v) is 13.3. The maximum absolute atomic E-state index is 13.5. The number of sulfonamides is 1. The summed E-state index contributed by atoms with van der Waals surface area (Å²) in [6.07, 6.45) is -6.24. The first-order valence-electron chi connectivity index (χ1n) is 11.8. The minimum absolute atomic E-state index is 0.0131. The molecule has 0 saturated carbocycles. The van der Waals surface area contributed by atoms with Gasteiger partial charge in [0.25, 0.3) is 0 Å². The van der Waals surface area contributed by atoms with Crippen molar-refractivity contribution in [3.05, 3.63) is 59.2 Å². The number of ether oxygens (including phenoxy) is 1. The number of nitrogens with zero attached hydrogens (tertiary/aromatic N) is 2. The van der Waals surface area contributed by atoms with E-state index < -0.39 is 34.4 Å². The average Bonchev–Trinajstić information content (AvgIpc) is 2.82. The van der Waals surface area contributed by atoms with Gasteiger partial charge in [-0.15, -0.1) is 13.2 Å². The molecule has 0 aliphatic carbocycles. The van der Waals surface area contributed by atoms with Crippen LogP contribution < -0.4 is 10.1 Å². The second kappa shape index (κ2) is 11.4. The maximum Gasteiger partial charge on any atom is 0.573 e. The van der Waals surface area contributed by atoms with Gasteiger partial charge < -0.3 is 14.7 Å². The number of aryl methyl sites for hydroxylation is 1. The molecule has 1 aliphatic rings. The first-order chi connectivity index (χ1) is 17.2. The molecule has 2 N–H and O–H groups in total. The predicted octanol–water partition coefficient (Wildman–Crippen LogP) is 3.35. The van der Waals surface area contributed by atoms with Gasteiger partial charge in [-0.2, -0.15) is 4.31 Å². The molecule has 2 aromatic carbocycles. The van der Waals surface area contributed by atoms with Gasteiger partial charge >= 0.3 is 6.36 Å². The van der Waals surface area contributed by atoms with Gasteiger partial charge in [0.15, 0.2) is 0 Å². The smallest absolute Gasteiger partial charge is 0.406 e. The first kappa shape index (κ1) is 28.9. The summed E-state index contributed by atoms with van der Waals surface area (Å²) in [6, 6.07) is 9.86. The van der Waals surface area contributed by atoms with Crippen molar-refractivity contribution < 1.29 is 36.2 Å². The Morgan fingerprint density at radius 3 is 2.35 bits per heavy atom. The number of piperazine rings is 1. The summed E-state index contributed by atoms with van der Waals surface area (Å²) in [5.74, 6) is -0.401. The van der Waals surface area contributed by atoms with Crippen LogP contribution in [0.3, 0.4) is 0 Å². The zero-order valence-electron chi connectivity index (χ0n) is 21.1. The van der Waals surface area contributed by atoms with Crippen molar-refractivity contribution in [2.24, 2.45) is 0 Å². The Balaban J connectivity index is 1.83. The highest BCUT2D eigenvalue weighted by atomic mass is 32.2. The number of hydrogen-bond donors (Lipinski definition) is 2. The predicted molar refractivity (Wildman–Crippen MR) is 131 cm³/mol. The van der Waals surface area contributed by atoms with Crippen LogP contribution in [0.25, 0.3) is 0 Å². The molecule has 204 valence electrons. The van der Waals surface area contributed by atoms with Crippen molar-refractivity contribution >= 4 is 15.9 Å². The molecule has 0 spiro atoms. The Morgan fingerprint density at radius 1 is 1.16 bits per heavy atom. The molecule has 1 heterocycles. The van der Waals surface area contributed by atoms with Gasteiger partial charge in [-0.25, -0.2) is 8.42 Å². The summed E-state index contributed by atoms with van der Waals surface area (Å²) >= 11 is 0. The molecule has 1 fully saturated rings. The Morgan fingerprint density at radius 2 is 1.81 bits per heavy atom. The van der Waals surface area contributed by atoms with Crippen LogP contribution in [0, 0.1) is 6.92 Å². The minimum atomic E-state index is -4.91.